The summed E-state index contributed by atoms with van der Waals surface area (Å²) in [7, 11) is 0. The van der Waals surface area contributed by atoms with Crippen molar-refractivity contribution in [1.82, 2.24) is 5.32 Å². The molecule has 20 heavy (non-hydrogen) atoms. The van der Waals surface area contributed by atoms with Gasteiger partial charge in [-0.3, -0.25) is 0 Å². The topological polar surface area (TPSA) is 35.5 Å². The lowest BCUT2D eigenvalue weighted by molar-refractivity contribution is 0.154. The van der Waals surface area contributed by atoms with Crippen LogP contribution in [0, 0.1) is 5.82 Å². The van der Waals surface area contributed by atoms with E-state index in [0.29, 0.717) is 18.8 Å². The van der Waals surface area contributed by atoms with Crippen molar-refractivity contribution in [3.05, 3.63) is 29.6 Å². The Balaban J connectivity index is 2.21. The zero-order chi connectivity index (χ0) is 14.8. The van der Waals surface area contributed by atoms with E-state index in [1.54, 1.807) is 6.07 Å². The first-order chi connectivity index (χ1) is 9.37. The molecule has 1 aromatic rings. The average molecular weight is 280 g/mol. The first kappa shape index (κ1) is 15.3. The summed E-state index contributed by atoms with van der Waals surface area (Å²) in [5, 5.41) is 13.2. The lowest BCUT2D eigenvalue weighted by atomic mass is 10.0. The number of rotatable bonds is 3. The predicted molar refractivity (Wildman–Crippen MR) is 80.4 cm³/mol. The molecule has 1 aliphatic rings. The molecule has 4 heteroatoms. The lowest BCUT2D eigenvalue weighted by Gasteiger charge is -2.34. The molecule has 0 saturated carbocycles. The Morgan fingerprint density at radius 2 is 2.15 bits per heavy atom. The molecule has 3 nitrogen and oxygen atoms in total. The van der Waals surface area contributed by atoms with E-state index in [4.69, 9.17) is 0 Å². The fraction of sp³-hybridized carbons (Fsp3) is 0.625. The Morgan fingerprint density at radius 1 is 1.40 bits per heavy atom. The number of para-hydroxylation sites is 1. The zero-order valence-corrected chi connectivity index (χ0v) is 12.6. The van der Waals surface area contributed by atoms with Gasteiger partial charge in [-0.1, -0.05) is 12.1 Å². The summed E-state index contributed by atoms with van der Waals surface area (Å²) in [5.41, 5.74) is 1.59. The van der Waals surface area contributed by atoms with Crippen LogP contribution in [0.5, 0.6) is 0 Å². The van der Waals surface area contributed by atoms with Crippen LogP contribution in [0.4, 0.5) is 10.1 Å². The highest BCUT2D eigenvalue weighted by atomic mass is 19.1. The van der Waals surface area contributed by atoms with Crippen LogP contribution < -0.4 is 10.2 Å². The van der Waals surface area contributed by atoms with Crippen molar-refractivity contribution in [3.8, 4) is 0 Å². The van der Waals surface area contributed by atoms with Gasteiger partial charge in [-0.2, -0.15) is 0 Å². The zero-order valence-electron chi connectivity index (χ0n) is 12.6. The minimum absolute atomic E-state index is 0.00893. The molecule has 1 saturated heterocycles. The molecule has 0 bridgehead atoms. The molecular formula is C16H25FN2O. The summed E-state index contributed by atoms with van der Waals surface area (Å²) >= 11 is 0. The molecule has 0 aromatic heterocycles. The van der Waals surface area contributed by atoms with Crippen LogP contribution in [-0.2, 0) is 6.54 Å². The van der Waals surface area contributed by atoms with Crippen molar-refractivity contribution < 1.29 is 9.50 Å². The predicted octanol–water partition coefficient (Wildman–Crippen LogP) is 2.67. The van der Waals surface area contributed by atoms with Crippen LogP contribution in [0.1, 0.15) is 39.2 Å². The van der Waals surface area contributed by atoms with Crippen molar-refractivity contribution >= 4 is 5.69 Å². The van der Waals surface area contributed by atoms with Crippen molar-refractivity contribution in [2.75, 3.05) is 18.0 Å². The molecule has 1 aliphatic heterocycles. The number of nitrogens with one attached hydrogen (secondary N) is 1. The molecule has 0 radical (unpaired) electrons. The van der Waals surface area contributed by atoms with Crippen molar-refractivity contribution in [1.29, 1.82) is 0 Å². The maximum absolute atomic E-state index is 14.2. The second kappa shape index (κ2) is 6.10. The molecule has 1 fully saturated rings. The third kappa shape index (κ3) is 3.93. The number of halogens is 1. The van der Waals surface area contributed by atoms with Gasteiger partial charge in [-0.15, -0.1) is 0 Å². The molecule has 0 spiro atoms. The number of aliphatic hydroxyl groups excluding tert-OH is 1. The Hall–Kier alpha value is -1.13. The molecule has 1 unspecified atom stereocenters. The molecule has 1 aromatic carbocycles. The number of anilines is 1. The standard InChI is InChI=1S/C16H25FN2O/c1-16(2,3)18-10-12-6-4-8-14(17)15(12)19-9-5-7-13(20)11-19/h4,6,8,13,18,20H,5,7,9-11H2,1-3H3. The van der Waals surface area contributed by atoms with Gasteiger partial charge in [0, 0.05) is 25.2 Å². The van der Waals surface area contributed by atoms with Crippen LogP contribution in [0.15, 0.2) is 18.2 Å². The minimum Gasteiger partial charge on any atom is -0.391 e. The number of benzene rings is 1. The van der Waals surface area contributed by atoms with E-state index < -0.39 is 0 Å². The maximum atomic E-state index is 14.2. The van der Waals surface area contributed by atoms with Gasteiger partial charge in [0.15, 0.2) is 0 Å². The summed E-state index contributed by atoms with van der Waals surface area (Å²) in [4.78, 5) is 1.98. The normalized spacial score (nSPS) is 20.2. The first-order valence-electron chi connectivity index (χ1n) is 7.32. The number of hydrogen-bond donors (Lipinski definition) is 2. The summed E-state index contributed by atoms with van der Waals surface area (Å²) < 4.78 is 14.2. The van der Waals surface area contributed by atoms with Gasteiger partial charge in [-0.05, 0) is 45.2 Å². The van der Waals surface area contributed by atoms with Gasteiger partial charge in [-0.25, -0.2) is 4.39 Å². The van der Waals surface area contributed by atoms with Gasteiger partial charge in [0.2, 0.25) is 0 Å². The monoisotopic (exact) mass is 280 g/mol. The Morgan fingerprint density at radius 3 is 2.80 bits per heavy atom. The van der Waals surface area contributed by atoms with E-state index in [2.05, 4.69) is 26.1 Å². The molecule has 2 rings (SSSR count). The molecule has 1 atom stereocenters. The third-order valence-corrected chi connectivity index (χ3v) is 3.59. The highest BCUT2D eigenvalue weighted by molar-refractivity contribution is 5.55. The second-order valence-corrected chi connectivity index (χ2v) is 6.59. The molecular weight excluding hydrogens is 255 g/mol. The number of nitrogens with zero attached hydrogens (tertiary/aromatic N) is 1. The highest BCUT2D eigenvalue weighted by Crippen LogP contribution is 2.28. The Kier molecular flexibility index (Phi) is 4.66. The quantitative estimate of drug-likeness (QED) is 0.893. The fourth-order valence-electron chi connectivity index (χ4n) is 2.58. The third-order valence-electron chi connectivity index (χ3n) is 3.59. The van der Waals surface area contributed by atoms with E-state index >= 15 is 0 Å². The highest BCUT2D eigenvalue weighted by Gasteiger charge is 2.23. The maximum Gasteiger partial charge on any atom is 0.146 e. The average Bonchev–Trinajstić information content (AvgIpc) is 2.35. The fourth-order valence-corrected chi connectivity index (χ4v) is 2.58. The molecule has 2 N–H and O–H groups in total. The summed E-state index contributed by atoms with van der Waals surface area (Å²) in [5.74, 6) is -0.202. The SMILES string of the molecule is CC(C)(C)NCc1cccc(F)c1N1CCCC(O)C1. The smallest absolute Gasteiger partial charge is 0.146 e. The molecule has 0 amide bonds. The van der Waals surface area contributed by atoms with Crippen LogP contribution in [0.25, 0.3) is 0 Å². The summed E-state index contributed by atoms with van der Waals surface area (Å²) in [6.45, 7) is 8.23. The second-order valence-electron chi connectivity index (χ2n) is 6.59. The Bertz CT molecular complexity index is 456. The van der Waals surface area contributed by atoms with Gasteiger partial charge >= 0.3 is 0 Å². The van der Waals surface area contributed by atoms with Crippen LogP contribution in [0.2, 0.25) is 0 Å². The molecule has 0 aliphatic carbocycles. The van der Waals surface area contributed by atoms with Gasteiger partial charge < -0.3 is 15.3 Å². The van der Waals surface area contributed by atoms with Gasteiger partial charge in [0.05, 0.1) is 11.8 Å². The van der Waals surface area contributed by atoms with Crippen LogP contribution in [0.3, 0.4) is 0 Å². The van der Waals surface area contributed by atoms with E-state index in [1.165, 1.54) is 6.07 Å². The number of aliphatic hydroxyl groups is 1. The molecule has 112 valence electrons. The van der Waals surface area contributed by atoms with Crippen LogP contribution in [-0.4, -0.2) is 29.8 Å². The number of β-amino-alcohol motifs (C(OH)–C–C–N with tert-alkyl or cyclic N) is 1. The Labute approximate surface area is 120 Å². The van der Waals surface area contributed by atoms with Gasteiger partial charge in [0.25, 0.3) is 0 Å². The van der Waals surface area contributed by atoms with Crippen molar-refractivity contribution in [2.45, 2.75) is 51.8 Å². The summed E-state index contributed by atoms with van der Waals surface area (Å²) in [6.07, 6.45) is 1.36. The number of hydrogen-bond acceptors (Lipinski definition) is 3. The van der Waals surface area contributed by atoms with Crippen LogP contribution >= 0.6 is 0 Å². The van der Waals surface area contributed by atoms with E-state index in [0.717, 1.165) is 24.9 Å². The first-order valence-corrected chi connectivity index (χ1v) is 7.32. The lowest BCUT2D eigenvalue weighted by Crippen LogP contribution is -2.40. The number of piperidine rings is 1. The van der Waals surface area contributed by atoms with E-state index in [1.807, 2.05) is 11.0 Å². The van der Waals surface area contributed by atoms with E-state index in [-0.39, 0.29) is 17.5 Å². The van der Waals surface area contributed by atoms with E-state index in [9.17, 15) is 9.50 Å². The van der Waals surface area contributed by atoms with Crippen molar-refractivity contribution in [2.24, 2.45) is 0 Å². The van der Waals surface area contributed by atoms with Crippen molar-refractivity contribution in [3.63, 3.8) is 0 Å². The largest absolute Gasteiger partial charge is 0.391 e. The van der Waals surface area contributed by atoms with Gasteiger partial charge in [0.1, 0.15) is 5.82 Å². The summed E-state index contributed by atoms with van der Waals surface area (Å²) in [6, 6.07) is 5.20. The minimum atomic E-state index is -0.355. The molecule has 1 heterocycles.